The summed E-state index contributed by atoms with van der Waals surface area (Å²) in [6.07, 6.45) is 0. The Bertz CT molecular complexity index is 110. The van der Waals surface area contributed by atoms with Gasteiger partial charge in [0.2, 0.25) is 0 Å². The fourth-order valence-electron chi connectivity index (χ4n) is 0. The van der Waals surface area contributed by atoms with Crippen molar-refractivity contribution < 1.29 is 109 Å². The van der Waals surface area contributed by atoms with Gasteiger partial charge in [0, 0.05) is 0 Å². The summed E-state index contributed by atoms with van der Waals surface area (Å²) in [7, 11) is 0. The van der Waals surface area contributed by atoms with Gasteiger partial charge in [0.25, 0.3) is 0 Å². The van der Waals surface area contributed by atoms with E-state index in [2.05, 4.69) is 0 Å². The first-order chi connectivity index (χ1) is 3.41. The number of hydrogen-bond donors (Lipinski definition) is 1. The summed E-state index contributed by atoms with van der Waals surface area (Å²) in [6.45, 7) is 0. The third-order valence-electron chi connectivity index (χ3n) is 0. The van der Waals surface area contributed by atoms with Gasteiger partial charge < -0.3 is 4.66 Å². The quantitative estimate of drug-likeness (QED) is 0.412. The molecule has 0 rings (SSSR count). The zero-order chi connectivity index (χ0) is 7.21. The van der Waals surface area contributed by atoms with E-state index in [0.29, 0.717) is 0 Å². The average Bonchev–Trinajstić information content (AvgIpc) is 1.27. The van der Waals surface area contributed by atoms with Gasteiger partial charge in [-0.05, 0) is 0 Å². The van der Waals surface area contributed by atoms with Gasteiger partial charge in [-0.15, -0.1) is 4.66 Å². The Hall–Kier alpha value is 2.26. The second-order valence-corrected chi connectivity index (χ2v) is 1.89. The van der Waals surface area contributed by atoms with Crippen molar-refractivity contribution in [3.63, 3.8) is 0 Å². The van der Waals surface area contributed by atoms with Crippen LogP contribution in [0.1, 0.15) is 0 Å². The van der Waals surface area contributed by atoms with Crippen molar-refractivity contribution >= 4 is 0 Å². The molecular weight excluding hydrogens is 229 g/mol. The van der Waals surface area contributed by atoms with Gasteiger partial charge in [-0.25, -0.2) is 0 Å². The summed E-state index contributed by atoms with van der Waals surface area (Å²) in [5, 5.41) is 0. The standard InChI is InChI=1S/ClHO2.Cr.2Na.4O/c2-1-3;;;;;;;/h2H;;;;;;;/q;;2*+1;;;2*-1. The SMILES string of the molecule is [Na+].[Na+].[O-][Cl+]O.[O]=[Cr](=[O])([O-])[O-]. The topological polar surface area (TPSA) is 124 Å². The first kappa shape index (κ1) is 22.8. The van der Waals surface area contributed by atoms with Crippen molar-refractivity contribution in [2.45, 2.75) is 0 Å². The fraction of sp³-hybridized carbons (Fsp3) is 0. The van der Waals surface area contributed by atoms with Crippen LogP contribution >= 0.6 is 0 Å². The Balaban J connectivity index is -0.0000000326. The molecule has 0 fully saturated rings. The van der Waals surface area contributed by atoms with Crippen LogP contribution in [0.4, 0.5) is 0 Å². The van der Waals surface area contributed by atoms with Gasteiger partial charge in [-0.1, -0.05) is 0 Å². The van der Waals surface area contributed by atoms with Crippen molar-refractivity contribution in [3.05, 3.63) is 0 Å². The molecule has 1 N–H and O–H groups in total. The molecule has 52 valence electrons. The summed E-state index contributed by atoms with van der Waals surface area (Å²) >= 11 is -5.92. The Labute approximate surface area is 108 Å². The van der Waals surface area contributed by atoms with E-state index in [1.54, 1.807) is 0 Å². The van der Waals surface area contributed by atoms with E-state index < -0.39 is 13.6 Å². The van der Waals surface area contributed by atoms with E-state index in [0.717, 1.165) is 0 Å². The molecular formula is HClCrNa2O6. The van der Waals surface area contributed by atoms with Gasteiger partial charge in [0.15, 0.2) is 0 Å². The zero-order valence-corrected chi connectivity index (χ0v) is 11.3. The average molecular weight is 230 g/mol. The van der Waals surface area contributed by atoms with Gasteiger partial charge in [-0.2, -0.15) is 0 Å². The molecule has 0 bridgehead atoms. The molecule has 0 radical (unpaired) electrons. The normalized spacial score (nSPS) is 7.60. The minimum atomic E-state index is -5.75. The summed E-state index contributed by atoms with van der Waals surface area (Å²) in [4.78, 5) is 0. The van der Waals surface area contributed by atoms with E-state index in [-0.39, 0.29) is 70.4 Å². The molecule has 0 aromatic rings. The molecule has 0 aliphatic heterocycles. The maximum absolute atomic E-state index is 8.59. The summed E-state index contributed by atoms with van der Waals surface area (Å²) < 4.78 is 49.6. The van der Waals surface area contributed by atoms with E-state index in [1.807, 2.05) is 0 Å². The van der Waals surface area contributed by atoms with E-state index in [1.165, 1.54) is 0 Å². The fourth-order valence-corrected chi connectivity index (χ4v) is 0. The van der Waals surface area contributed by atoms with Gasteiger partial charge >= 0.3 is 100.0 Å². The van der Waals surface area contributed by atoms with Crippen LogP contribution in [0, 0.1) is 11.3 Å². The molecule has 0 saturated heterocycles. The summed E-state index contributed by atoms with van der Waals surface area (Å²) in [5.41, 5.74) is 0. The number of halogens is 1. The second-order valence-electron chi connectivity index (χ2n) is 0.477. The molecule has 0 amide bonds. The molecule has 0 aliphatic carbocycles. The Kier molecular flexibility index (Phi) is 31.5. The van der Waals surface area contributed by atoms with Crippen molar-refractivity contribution in [3.8, 4) is 0 Å². The first-order valence-corrected chi connectivity index (χ1v) is 3.72. The molecule has 0 spiro atoms. The van der Waals surface area contributed by atoms with Crippen LogP contribution in [-0.4, -0.2) is 4.66 Å². The molecule has 0 saturated carbocycles. The van der Waals surface area contributed by atoms with Crippen LogP contribution in [0.2, 0.25) is 0 Å². The summed E-state index contributed by atoms with van der Waals surface area (Å²) in [6, 6.07) is 0. The zero-order valence-electron chi connectivity index (χ0n) is 5.27. The molecule has 10 heteroatoms. The minimum absolute atomic E-state index is 0. The first-order valence-electron chi connectivity index (χ1n) is 0.990. The monoisotopic (exact) mass is 230 g/mol. The van der Waals surface area contributed by atoms with Crippen molar-refractivity contribution in [1.82, 2.24) is 0 Å². The molecule has 0 aromatic carbocycles. The van der Waals surface area contributed by atoms with Crippen LogP contribution in [0.3, 0.4) is 0 Å². The predicted molar refractivity (Wildman–Crippen MR) is 3.59 cm³/mol. The maximum atomic E-state index is 8.59. The molecule has 6 nitrogen and oxygen atoms in total. The molecule has 0 aromatic heterocycles. The van der Waals surface area contributed by atoms with Crippen LogP contribution in [0.5, 0.6) is 0 Å². The van der Waals surface area contributed by atoms with Gasteiger partial charge in [0.05, 0.1) is 0 Å². The number of rotatable bonds is 0. The summed E-state index contributed by atoms with van der Waals surface area (Å²) in [5.74, 6) is 0. The van der Waals surface area contributed by atoms with E-state index in [9.17, 15) is 0 Å². The van der Waals surface area contributed by atoms with Gasteiger partial charge in [0.1, 0.15) is 0 Å². The van der Waals surface area contributed by atoms with Crippen molar-refractivity contribution in [2.24, 2.45) is 0 Å². The molecule has 0 unspecified atom stereocenters. The van der Waals surface area contributed by atoms with Crippen molar-refractivity contribution in [2.75, 3.05) is 0 Å². The number of hydrogen-bond acceptors (Lipinski definition) is 6. The van der Waals surface area contributed by atoms with Crippen LogP contribution in [0.15, 0.2) is 0 Å². The third-order valence-corrected chi connectivity index (χ3v) is 0. The van der Waals surface area contributed by atoms with E-state index >= 15 is 0 Å². The second kappa shape index (κ2) is 13.8. The van der Waals surface area contributed by atoms with E-state index in [4.69, 9.17) is 25.2 Å². The molecule has 0 heterocycles. The molecule has 0 atom stereocenters. The van der Waals surface area contributed by atoms with Crippen LogP contribution in [0.25, 0.3) is 0 Å². The van der Waals surface area contributed by atoms with Crippen LogP contribution in [-0.2, 0) is 21.2 Å². The Morgan fingerprint density at radius 3 is 1.20 bits per heavy atom. The Morgan fingerprint density at radius 2 is 1.20 bits per heavy atom. The molecule has 10 heavy (non-hydrogen) atoms. The van der Waals surface area contributed by atoms with Gasteiger partial charge in [-0.3, -0.25) is 0 Å². The van der Waals surface area contributed by atoms with Crippen LogP contribution < -0.4 is 72.1 Å². The van der Waals surface area contributed by atoms with Crippen molar-refractivity contribution in [1.29, 1.82) is 0 Å². The third kappa shape index (κ3) is 172. The molecule has 0 aliphatic rings. The predicted octanol–water partition coefficient (Wildman–Crippen LogP) is -10.4. The Morgan fingerprint density at radius 1 is 1.20 bits per heavy atom.